The number of amidine groups is 1. The molecule has 1 fully saturated rings. The Morgan fingerprint density at radius 2 is 2.37 bits per heavy atom. The Morgan fingerprint density at radius 1 is 1.63 bits per heavy atom. The maximum absolute atomic E-state index is 11.5. The van der Waals surface area contributed by atoms with Gasteiger partial charge in [0.2, 0.25) is 0 Å². The van der Waals surface area contributed by atoms with Gasteiger partial charge in [0.05, 0.1) is 5.69 Å². The van der Waals surface area contributed by atoms with E-state index >= 15 is 0 Å². The molecule has 104 valence electrons. The van der Waals surface area contributed by atoms with Crippen LogP contribution in [0.5, 0.6) is 5.88 Å². The molecule has 0 aromatic carbocycles. The van der Waals surface area contributed by atoms with Crippen molar-refractivity contribution in [2.24, 2.45) is 5.73 Å². The molecule has 2 rings (SSSR count). The number of likely N-dealkylation sites (tertiary alicyclic amines) is 1. The number of likely N-dealkylation sites (N-methyl/N-ethyl adjacent to an activating group) is 1. The highest BCUT2D eigenvalue weighted by Gasteiger charge is 2.27. The number of H-pyrrole nitrogens is 1. The molecule has 6 heteroatoms. The lowest BCUT2D eigenvalue weighted by Gasteiger charge is -2.26. The Balaban J connectivity index is 2.14. The molecule has 1 aromatic rings. The van der Waals surface area contributed by atoms with Crippen LogP contribution in [0, 0.1) is 5.41 Å². The lowest BCUT2D eigenvalue weighted by atomic mass is 10.1. The minimum absolute atomic E-state index is 0.0228. The Morgan fingerprint density at radius 3 is 2.95 bits per heavy atom. The molecule has 1 aliphatic rings. The van der Waals surface area contributed by atoms with Crippen molar-refractivity contribution < 1.29 is 4.74 Å². The van der Waals surface area contributed by atoms with Gasteiger partial charge in [0, 0.05) is 18.2 Å². The SMILES string of the molecule is C[C@H](Oc1cc(=O)cc(C(=N)N)[nH]1)[C@@H]1CCCN1C. The third-order valence-electron chi connectivity index (χ3n) is 3.54. The molecule has 2 atom stereocenters. The van der Waals surface area contributed by atoms with Gasteiger partial charge in [-0.2, -0.15) is 0 Å². The fraction of sp³-hybridized carbons (Fsp3) is 0.538. The molecule has 0 unspecified atom stereocenters. The average molecular weight is 264 g/mol. The van der Waals surface area contributed by atoms with E-state index in [2.05, 4.69) is 16.9 Å². The lowest BCUT2D eigenvalue weighted by Crippen LogP contribution is -2.38. The second-order valence-electron chi connectivity index (χ2n) is 5.02. The number of nitrogens with one attached hydrogen (secondary N) is 2. The molecule has 1 aliphatic heterocycles. The van der Waals surface area contributed by atoms with Crippen LogP contribution in [-0.4, -0.2) is 41.5 Å². The molecule has 0 amide bonds. The maximum atomic E-state index is 11.5. The van der Waals surface area contributed by atoms with Gasteiger partial charge < -0.3 is 15.5 Å². The molecule has 0 spiro atoms. The van der Waals surface area contributed by atoms with Crippen LogP contribution in [0.2, 0.25) is 0 Å². The molecule has 6 nitrogen and oxygen atoms in total. The topological polar surface area (TPSA) is 95.2 Å². The average Bonchev–Trinajstić information content (AvgIpc) is 2.74. The quantitative estimate of drug-likeness (QED) is 0.546. The van der Waals surface area contributed by atoms with Crippen molar-refractivity contribution >= 4 is 5.84 Å². The minimum Gasteiger partial charge on any atom is -0.474 e. The van der Waals surface area contributed by atoms with Gasteiger partial charge in [0.15, 0.2) is 11.3 Å². The summed E-state index contributed by atoms with van der Waals surface area (Å²) in [6, 6.07) is 3.03. The smallest absolute Gasteiger partial charge is 0.195 e. The number of pyridine rings is 1. The summed E-state index contributed by atoms with van der Waals surface area (Å²) in [4.78, 5) is 16.6. The van der Waals surface area contributed by atoms with E-state index in [9.17, 15) is 4.79 Å². The zero-order valence-corrected chi connectivity index (χ0v) is 11.3. The van der Waals surface area contributed by atoms with Crippen molar-refractivity contribution in [3.63, 3.8) is 0 Å². The number of rotatable bonds is 4. The zero-order chi connectivity index (χ0) is 14.0. The van der Waals surface area contributed by atoms with Crippen LogP contribution in [0.3, 0.4) is 0 Å². The van der Waals surface area contributed by atoms with Gasteiger partial charge in [-0.05, 0) is 33.4 Å². The first-order valence-electron chi connectivity index (χ1n) is 6.43. The Kier molecular flexibility index (Phi) is 3.90. The van der Waals surface area contributed by atoms with E-state index in [1.807, 2.05) is 6.92 Å². The van der Waals surface area contributed by atoms with E-state index in [0.717, 1.165) is 13.0 Å². The van der Waals surface area contributed by atoms with Crippen LogP contribution in [0.15, 0.2) is 16.9 Å². The third kappa shape index (κ3) is 3.14. The molecule has 1 aromatic heterocycles. The molecular weight excluding hydrogens is 244 g/mol. The van der Waals surface area contributed by atoms with Gasteiger partial charge in [0.25, 0.3) is 0 Å². The van der Waals surface area contributed by atoms with Gasteiger partial charge >= 0.3 is 0 Å². The van der Waals surface area contributed by atoms with Crippen LogP contribution < -0.4 is 15.9 Å². The number of nitrogens with two attached hydrogens (primary N) is 1. The van der Waals surface area contributed by atoms with Crippen molar-refractivity contribution in [3.8, 4) is 5.88 Å². The van der Waals surface area contributed by atoms with Gasteiger partial charge in [0.1, 0.15) is 11.9 Å². The lowest BCUT2D eigenvalue weighted by molar-refractivity contribution is 0.117. The van der Waals surface area contributed by atoms with Crippen LogP contribution in [0.1, 0.15) is 25.5 Å². The van der Waals surface area contributed by atoms with E-state index in [0.29, 0.717) is 11.9 Å². The molecule has 4 N–H and O–H groups in total. The standard InChI is InChI=1S/C13H20N4O2/c1-8(11-4-3-5-17(11)2)19-12-7-9(18)6-10(16-12)13(14)15/h6-8,11H,3-5H2,1-2H3,(H3,14,15)(H,16,18)/t8-,11-/m0/s1. The summed E-state index contributed by atoms with van der Waals surface area (Å²) in [5.74, 6) is 0.193. The summed E-state index contributed by atoms with van der Waals surface area (Å²) >= 11 is 0. The Bertz CT molecular complexity index is 526. The predicted octanol–water partition coefficient (Wildman–Crippen LogP) is 0.520. The fourth-order valence-electron chi connectivity index (χ4n) is 2.53. The summed E-state index contributed by atoms with van der Waals surface area (Å²) in [5.41, 5.74) is 5.45. The van der Waals surface area contributed by atoms with Gasteiger partial charge in [-0.1, -0.05) is 0 Å². The van der Waals surface area contributed by atoms with Crippen LogP contribution >= 0.6 is 0 Å². The summed E-state index contributed by atoms with van der Waals surface area (Å²) in [5, 5.41) is 7.35. The second kappa shape index (κ2) is 5.44. The van der Waals surface area contributed by atoms with E-state index in [1.54, 1.807) is 0 Å². The van der Waals surface area contributed by atoms with Gasteiger partial charge in [-0.25, -0.2) is 0 Å². The largest absolute Gasteiger partial charge is 0.474 e. The first kappa shape index (κ1) is 13.6. The number of hydrogen-bond acceptors (Lipinski definition) is 4. The van der Waals surface area contributed by atoms with Gasteiger partial charge in [-0.3, -0.25) is 15.1 Å². The van der Waals surface area contributed by atoms with E-state index in [4.69, 9.17) is 15.9 Å². The first-order valence-corrected chi connectivity index (χ1v) is 6.43. The van der Waals surface area contributed by atoms with Crippen molar-refractivity contribution in [1.82, 2.24) is 9.88 Å². The normalized spacial score (nSPS) is 21.3. The summed E-state index contributed by atoms with van der Waals surface area (Å²) in [6.07, 6.45) is 2.23. The number of nitrogens with zero attached hydrogens (tertiary/aromatic N) is 1. The monoisotopic (exact) mass is 264 g/mol. The van der Waals surface area contributed by atoms with Crippen molar-refractivity contribution in [3.05, 3.63) is 28.0 Å². The van der Waals surface area contributed by atoms with Crippen molar-refractivity contribution in [2.75, 3.05) is 13.6 Å². The zero-order valence-electron chi connectivity index (χ0n) is 11.3. The van der Waals surface area contributed by atoms with Crippen LogP contribution in [0.25, 0.3) is 0 Å². The highest BCUT2D eigenvalue weighted by atomic mass is 16.5. The molecule has 1 saturated heterocycles. The summed E-state index contributed by atoms with van der Waals surface area (Å²) < 4.78 is 5.79. The maximum Gasteiger partial charge on any atom is 0.195 e. The molecular formula is C13H20N4O2. The molecule has 19 heavy (non-hydrogen) atoms. The minimum atomic E-state index is -0.217. The highest BCUT2D eigenvalue weighted by molar-refractivity contribution is 5.93. The highest BCUT2D eigenvalue weighted by Crippen LogP contribution is 2.21. The number of ether oxygens (including phenoxy) is 1. The first-order chi connectivity index (χ1) is 8.97. The number of hydrogen-bond donors (Lipinski definition) is 3. The molecule has 0 bridgehead atoms. The Labute approximate surface area is 112 Å². The molecule has 0 aliphatic carbocycles. The van der Waals surface area contributed by atoms with Crippen molar-refractivity contribution in [2.45, 2.75) is 31.9 Å². The second-order valence-corrected chi connectivity index (χ2v) is 5.02. The predicted molar refractivity (Wildman–Crippen MR) is 73.8 cm³/mol. The molecule has 0 radical (unpaired) electrons. The summed E-state index contributed by atoms with van der Waals surface area (Å²) in [6.45, 7) is 3.06. The number of aromatic nitrogens is 1. The molecule has 2 heterocycles. The van der Waals surface area contributed by atoms with E-state index in [1.165, 1.54) is 18.6 Å². The summed E-state index contributed by atoms with van der Waals surface area (Å²) in [7, 11) is 2.08. The van der Waals surface area contributed by atoms with E-state index < -0.39 is 0 Å². The van der Waals surface area contributed by atoms with Crippen LogP contribution in [0.4, 0.5) is 0 Å². The van der Waals surface area contributed by atoms with Crippen molar-refractivity contribution in [1.29, 1.82) is 5.41 Å². The Hall–Kier alpha value is -1.82. The third-order valence-corrected chi connectivity index (χ3v) is 3.54. The van der Waals surface area contributed by atoms with Crippen LogP contribution in [-0.2, 0) is 0 Å². The van der Waals surface area contributed by atoms with Gasteiger partial charge in [-0.15, -0.1) is 0 Å². The molecule has 0 saturated carbocycles. The number of aromatic amines is 1. The van der Waals surface area contributed by atoms with E-state index in [-0.39, 0.29) is 23.1 Å². The number of nitrogen functional groups attached to an aromatic ring is 1. The fourth-order valence-corrected chi connectivity index (χ4v) is 2.53.